The largest absolute Gasteiger partial charge is 0.326 e. The molecule has 100 valence electrons. The summed E-state index contributed by atoms with van der Waals surface area (Å²) in [6.07, 6.45) is 0.198. The molecule has 0 atom stereocenters. The van der Waals surface area contributed by atoms with Gasteiger partial charge in [0.25, 0.3) is 0 Å². The summed E-state index contributed by atoms with van der Waals surface area (Å²) in [6, 6.07) is 12.4. The van der Waals surface area contributed by atoms with Gasteiger partial charge < -0.3 is 5.32 Å². The van der Waals surface area contributed by atoms with Crippen molar-refractivity contribution in [2.45, 2.75) is 6.42 Å². The lowest BCUT2D eigenvalue weighted by Gasteiger charge is -2.14. The van der Waals surface area contributed by atoms with Crippen LogP contribution in [0, 0.1) is 34.0 Å². The number of nitrogens with one attached hydrogen (secondary N) is 1. The summed E-state index contributed by atoms with van der Waals surface area (Å²) in [5.41, 5.74) is 1.14. The van der Waals surface area contributed by atoms with E-state index in [1.807, 2.05) is 18.2 Å². The van der Waals surface area contributed by atoms with Crippen molar-refractivity contribution in [3.05, 3.63) is 29.8 Å². The van der Waals surface area contributed by atoms with E-state index in [1.54, 1.807) is 29.2 Å². The van der Waals surface area contributed by atoms with Crippen molar-refractivity contribution in [1.82, 2.24) is 4.90 Å². The Hall–Kier alpha value is -2.88. The van der Waals surface area contributed by atoms with Gasteiger partial charge in [-0.15, -0.1) is 0 Å². The molecule has 1 amide bonds. The summed E-state index contributed by atoms with van der Waals surface area (Å²) in [4.78, 5) is 13.3. The number of nitrogens with zero attached hydrogens (tertiary/aromatic N) is 4. The van der Waals surface area contributed by atoms with Gasteiger partial charge in [0.2, 0.25) is 5.91 Å². The number of carbonyl (C=O) groups excluding carboxylic acids is 1. The zero-order chi connectivity index (χ0) is 14.8. The highest BCUT2D eigenvalue weighted by Crippen LogP contribution is 2.09. The van der Waals surface area contributed by atoms with Crippen molar-refractivity contribution in [1.29, 1.82) is 15.8 Å². The highest BCUT2D eigenvalue weighted by atomic mass is 16.1. The average Bonchev–Trinajstić information content (AvgIpc) is 2.46. The van der Waals surface area contributed by atoms with Gasteiger partial charge in [-0.1, -0.05) is 0 Å². The molecule has 0 unspecified atom stereocenters. The van der Waals surface area contributed by atoms with E-state index in [-0.39, 0.29) is 25.4 Å². The highest BCUT2D eigenvalue weighted by molar-refractivity contribution is 5.90. The van der Waals surface area contributed by atoms with Crippen LogP contribution in [-0.4, -0.2) is 30.4 Å². The maximum atomic E-state index is 11.7. The molecule has 0 aliphatic rings. The van der Waals surface area contributed by atoms with Crippen LogP contribution in [0.3, 0.4) is 0 Å². The van der Waals surface area contributed by atoms with E-state index < -0.39 is 0 Å². The Balaban J connectivity index is 2.45. The molecule has 0 saturated heterocycles. The van der Waals surface area contributed by atoms with Crippen molar-refractivity contribution in [2.75, 3.05) is 25.0 Å². The predicted molar refractivity (Wildman–Crippen MR) is 72.1 cm³/mol. The third-order valence-corrected chi connectivity index (χ3v) is 2.54. The minimum absolute atomic E-state index is 0.123. The predicted octanol–water partition coefficient (Wildman–Crippen LogP) is 1.24. The Morgan fingerprint density at radius 2 is 1.70 bits per heavy atom. The van der Waals surface area contributed by atoms with Crippen molar-refractivity contribution in [2.24, 2.45) is 0 Å². The van der Waals surface area contributed by atoms with Crippen LogP contribution >= 0.6 is 0 Å². The number of carbonyl (C=O) groups is 1. The first-order valence-electron chi connectivity index (χ1n) is 5.96. The fraction of sp³-hybridized carbons (Fsp3) is 0.286. The van der Waals surface area contributed by atoms with Gasteiger partial charge in [-0.05, 0) is 24.3 Å². The van der Waals surface area contributed by atoms with E-state index in [0.29, 0.717) is 17.8 Å². The fourth-order valence-corrected chi connectivity index (χ4v) is 1.53. The molecule has 1 rings (SSSR count). The van der Waals surface area contributed by atoms with Crippen LogP contribution in [-0.2, 0) is 4.79 Å². The molecule has 0 saturated carbocycles. The number of rotatable bonds is 6. The zero-order valence-corrected chi connectivity index (χ0v) is 10.8. The van der Waals surface area contributed by atoms with E-state index in [0.717, 1.165) is 0 Å². The topological polar surface area (TPSA) is 104 Å². The Kier molecular flexibility index (Phi) is 6.27. The van der Waals surface area contributed by atoms with Crippen LogP contribution < -0.4 is 5.32 Å². The summed E-state index contributed by atoms with van der Waals surface area (Å²) >= 11 is 0. The van der Waals surface area contributed by atoms with Crippen molar-refractivity contribution in [3.63, 3.8) is 0 Å². The standard InChI is InChI=1S/C14H13N5O/c15-6-9-19(10-7-16)8-5-14(20)18-13-3-1-12(11-17)2-4-13/h1-4H,5,8-10H2,(H,18,20). The van der Waals surface area contributed by atoms with Crippen molar-refractivity contribution < 1.29 is 4.79 Å². The SMILES string of the molecule is N#CCN(CC#N)CCC(=O)Nc1ccc(C#N)cc1. The molecule has 0 spiro atoms. The van der Waals surface area contributed by atoms with Crippen LogP contribution in [0.2, 0.25) is 0 Å². The minimum atomic E-state index is -0.199. The molecule has 0 radical (unpaired) electrons. The molecule has 0 bridgehead atoms. The monoisotopic (exact) mass is 267 g/mol. The summed E-state index contributed by atoms with van der Waals surface area (Å²) < 4.78 is 0. The molecule has 0 fully saturated rings. The zero-order valence-electron chi connectivity index (χ0n) is 10.8. The van der Waals surface area contributed by atoms with Gasteiger partial charge in [-0.25, -0.2) is 0 Å². The van der Waals surface area contributed by atoms with Gasteiger partial charge in [0.1, 0.15) is 0 Å². The maximum absolute atomic E-state index is 11.7. The summed E-state index contributed by atoms with van der Waals surface area (Å²) in [5.74, 6) is -0.199. The van der Waals surface area contributed by atoms with Gasteiger partial charge in [-0.3, -0.25) is 9.69 Å². The number of benzene rings is 1. The second-order valence-corrected chi connectivity index (χ2v) is 4.01. The third-order valence-electron chi connectivity index (χ3n) is 2.54. The molecule has 1 aromatic rings. The van der Waals surface area contributed by atoms with Crippen LogP contribution in [0.5, 0.6) is 0 Å². The molecule has 0 aliphatic heterocycles. The summed E-state index contributed by atoms with van der Waals surface area (Å²) in [7, 11) is 0. The Labute approximate surface area is 117 Å². The molecule has 0 heterocycles. The van der Waals surface area contributed by atoms with E-state index in [2.05, 4.69) is 5.32 Å². The first-order chi connectivity index (χ1) is 9.69. The second-order valence-electron chi connectivity index (χ2n) is 4.01. The molecule has 0 aromatic heterocycles. The average molecular weight is 267 g/mol. The lowest BCUT2D eigenvalue weighted by atomic mass is 10.2. The van der Waals surface area contributed by atoms with Crippen LogP contribution in [0.15, 0.2) is 24.3 Å². The van der Waals surface area contributed by atoms with E-state index >= 15 is 0 Å². The Morgan fingerprint density at radius 1 is 1.10 bits per heavy atom. The number of amides is 1. The Morgan fingerprint density at radius 3 is 2.20 bits per heavy atom. The minimum Gasteiger partial charge on any atom is -0.326 e. The number of nitriles is 3. The molecule has 1 aromatic carbocycles. The third kappa shape index (κ3) is 5.18. The summed E-state index contributed by atoms with van der Waals surface area (Å²) in [6.45, 7) is 0.596. The van der Waals surface area contributed by atoms with Gasteiger partial charge >= 0.3 is 0 Å². The molecule has 6 heteroatoms. The summed E-state index contributed by atoms with van der Waals surface area (Å²) in [5, 5.41) is 28.5. The maximum Gasteiger partial charge on any atom is 0.225 e. The second kappa shape index (κ2) is 8.26. The lowest BCUT2D eigenvalue weighted by molar-refractivity contribution is -0.116. The van der Waals surface area contributed by atoms with Crippen LogP contribution in [0.25, 0.3) is 0 Å². The fourth-order valence-electron chi connectivity index (χ4n) is 1.53. The smallest absolute Gasteiger partial charge is 0.225 e. The lowest BCUT2D eigenvalue weighted by Crippen LogP contribution is -2.28. The van der Waals surface area contributed by atoms with E-state index in [1.165, 1.54) is 0 Å². The van der Waals surface area contributed by atoms with Crippen molar-refractivity contribution >= 4 is 11.6 Å². The highest BCUT2D eigenvalue weighted by Gasteiger charge is 2.08. The molecular formula is C14H13N5O. The molecule has 1 N–H and O–H groups in total. The normalized spacial score (nSPS) is 9.30. The van der Waals surface area contributed by atoms with Gasteiger partial charge in [0.15, 0.2) is 0 Å². The number of hydrogen-bond acceptors (Lipinski definition) is 5. The quantitative estimate of drug-likeness (QED) is 0.781. The van der Waals surface area contributed by atoms with Gasteiger partial charge in [0, 0.05) is 18.7 Å². The Bertz CT molecular complexity index is 558. The molecule has 6 nitrogen and oxygen atoms in total. The van der Waals surface area contributed by atoms with Gasteiger partial charge in [-0.2, -0.15) is 15.8 Å². The van der Waals surface area contributed by atoms with E-state index in [4.69, 9.17) is 15.8 Å². The van der Waals surface area contributed by atoms with Crippen molar-refractivity contribution in [3.8, 4) is 18.2 Å². The van der Waals surface area contributed by atoms with Crippen LogP contribution in [0.1, 0.15) is 12.0 Å². The number of anilines is 1. The van der Waals surface area contributed by atoms with E-state index in [9.17, 15) is 4.79 Å². The number of hydrogen-bond donors (Lipinski definition) is 1. The first kappa shape index (κ1) is 15.2. The van der Waals surface area contributed by atoms with Gasteiger partial charge in [0.05, 0.1) is 36.9 Å². The molecular weight excluding hydrogens is 254 g/mol. The molecule has 0 aliphatic carbocycles. The van der Waals surface area contributed by atoms with Crippen LogP contribution in [0.4, 0.5) is 5.69 Å². The first-order valence-corrected chi connectivity index (χ1v) is 5.96. The molecule has 20 heavy (non-hydrogen) atoms.